The minimum atomic E-state index is -2.24. The normalized spacial score (nSPS) is 25.9. The lowest BCUT2D eigenvalue weighted by Crippen LogP contribution is -2.52. The molecule has 1 aliphatic heterocycles. The van der Waals surface area contributed by atoms with E-state index >= 15 is 0 Å². The predicted octanol–water partition coefficient (Wildman–Crippen LogP) is 3.37. The van der Waals surface area contributed by atoms with Crippen LogP contribution in [0.5, 0.6) is 23.0 Å². The van der Waals surface area contributed by atoms with E-state index in [9.17, 15) is 24.9 Å². The van der Waals surface area contributed by atoms with Crippen molar-refractivity contribution in [1.29, 1.82) is 0 Å². The Kier molecular flexibility index (Phi) is 7.54. The number of benzene rings is 3. The second-order valence-corrected chi connectivity index (χ2v) is 10.1. The molecule has 1 heterocycles. The van der Waals surface area contributed by atoms with E-state index in [2.05, 4.69) is 4.74 Å². The van der Waals surface area contributed by atoms with Crippen molar-refractivity contribution in [1.82, 2.24) is 0 Å². The molecule has 0 radical (unpaired) electrons. The van der Waals surface area contributed by atoms with Crippen molar-refractivity contribution in [3.05, 3.63) is 83.4 Å². The van der Waals surface area contributed by atoms with Crippen molar-refractivity contribution in [3.63, 3.8) is 0 Å². The van der Waals surface area contributed by atoms with Crippen LogP contribution >= 0.6 is 0 Å². The van der Waals surface area contributed by atoms with Gasteiger partial charge in [-0.3, -0.25) is 9.59 Å². The van der Waals surface area contributed by atoms with Gasteiger partial charge in [-0.2, -0.15) is 0 Å². The lowest BCUT2D eigenvalue weighted by Gasteiger charge is -2.40. The third-order valence-corrected chi connectivity index (χ3v) is 8.03. The summed E-state index contributed by atoms with van der Waals surface area (Å²) < 4.78 is 28.2. The molecular weight excluding hydrogens is 532 g/mol. The second kappa shape index (κ2) is 10.9. The van der Waals surface area contributed by atoms with Gasteiger partial charge in [-0.25, -0.2) is 0 Å². The van der Waals surface area contributed by atoms with Crippen LogP contribution in [0.4, 0.5) is 0 Å². The van der Waals surface area contributed by atoms with Crippen molar-refractivity contribution in [2.45, 2.75) is 36.1 Å². The Hall–Kier alpha value is -4.28. The third-order valence-electron chi connectivity index (χ3n) is 8.03. The predicted molar refractivity (Wildman–Crippen MR) is 145 cm³/mol. The Morgan fingerprint density at radius 2 is 1.66 bits per heavy atom. The molecule has 10 heteroatoms. The molecule has 216 valence electrons. The van der Waals surface area contributed by atoms with Gasteiger partial charge in [-0.05, 0) is 29.7 Å². The number of fused-ring (bicyclic) bond motifs is 3. The summed E-state index contributed by atoms with van der Waals surface area (Å²) in [4.78, 5) is 24.2. The van der Waals surface area contributed by atoms with Crippen LogP contribution in [0.25, 0.3) is 0 Å². The van der Waals surface area contributed by atoms with Crippen molar-refractivity contribution in [2.75, 3.05) is 27.9 Å². The van der Waals surface area contributed by atoms with Gasteiger partial charge in [0.15, 0.2) is 11.2 Å². The molecule has 0 spiro atoms. The molecule has 0 saturated heterocycles. The average molecular weight is 565 g/mol. The number of rotatable bonds is 10. The molecule has 3 aromatic carbocycles. The van der Waals surface area contributed by atoms with Crippen LogP contribution in [0.3, 0.4) is 0 Å². The van der Waals surface area contributed by atoms with Crippen LogP contribution in [0.1, 0.15) is 35.4 Å². The molecule has 5 rings (SSSR count). The quantitative estimate of drug-likeness (QED) is 0.248. The van der Waals surface area contributed by atoms with Gasteiger partial charge in [0.05, 0.1) is 39.4 Å². The maximum atomic E-state index is 12.7. The molecule has 3 N–H and O–H groups in total. The number of carboxylic acids is 1. The Balaban J connectivity index is 1.69. The van der Waals surface area contributed by atoms with Gasteiger partial charge in [0.2, 0.25) is 0 Å². The fourth-order valence-corrected chi connectivity index (χ4v) is 6.25. The van der Waals surface area contributed by atoms with E-state index in [0.717, 1.165) is 0 Å². The van der Waals surface area contributed by atoms with Crippen LogP contribution in [0, 0.1) is 5.92 Å². The molecule has 0 bridgehead atoms. The smallest absolute Gasteiger partial charge is 0.310 e. The lowest BCUT2D eigenvalue weighted by atomic mass is 9.70. The van der Waals surface area contributed by atoms with Crippen LogP contribution in [-0.2, 0) is 25.5 Å². The maximum Gasteiger partial charge on any atom is 0.310 e. The molecule has 0 aromatic heterocycles. The summed E-state index contributed by atoms with van der Waals surface area (Å²) in [5.74, 6) is -2.86. The van der Waals surface area contributed by atoms with E-state index in [1.165, 1.54) is 21.3 Å². The third kappa shape index (κ3) is 4.34. The van der Waals surface area contributed by atoms with Gasteiger partial charge >= 0.3 is 11.9 Å². The number of aliphatic hydroxyl groups is 2. The van der Waals surface area contributed by atoms with Gasteiger partial charge in [-0.15, -0.1) is 0 Å². The second-order valence-electron chi connectivity index (χ2n) is 10.1. The summed E-state index contributed by atoms with van der Waals surface area (Å²) in [6, 6.07) is 18.7. The molecule has 1 saturated carbocycles. The Labute approximate surface area is 237 Å². The summed E-state index contributed by atoms with van der Waals surface area (Å²) in [6.45, 7) is 0.196. The fraction of sp³-hybridized carbons (Fsp3) is 0.355. The van der Waals surface area contributed by atoms with E-state index < -0.39 is 35.1 Å². The average Bonchev–Trinajstić information content (AvgIpc) is 3.37. The SMILES string of the molecule is COC(=O)CCCOc1cc(OC)c2c(c1)OC1(c3ccc(OC)cc3)C(c3ccccc3)C(C(=O)O)C(O)C21O. The first-order chi connectivity index (χ1) is 19.7. The number of aliphatic hydroxyl groups excluding tert-OH is 1. The van der Waals surface area contributed by atoms with Gasteiger partial charge in [0, 0.05) is 24.5 Å². The molecule has 1 aliphatic carbocycles. The highest BCUT2D eigenvalue weighted by Crippen LogP contribution is 2.70. The standard InChI is InChI=1S/C31H32O10/c1-37-20-13-11-19(12-14-20)31-26(18-8-5-4-6-9-18)25(29(34)35)28(33)30(31,36)27-22(38-2)16-21(17-23(27)41-31)40-15-7-10-24(32)39-3/h4-6,8-9,11-14,16-17,25-26,28,33,36H,7,10,15H2,1-3H3,(H,34,35). The maximum absolute atomic E-state index is 12.7. The van der Waals surface area contributed by atoms with Crippen LogP contribution in [0.2, 0.25) is 0 Å². The van der Waals surface area contributed by atoms with Crippen LogP contribution in [0.15, 0.2) is 66.7 Å². The molecule has 5 unspecified atom stereocenters. The number of carboxylic acid groups (broad SMARTS) is 1. The van der Waals surface area contributed by atoms with Gasteiger partial charge in [0.1, 0.15) is 29.1 Å². The van der Waals surface area contributed by atoms with Crippen LogP contribution < -0.4 is 18.9 Å². The van der Waals surface area contributed by atoms with E-state index in [1.54, 1.807) is 66.7 Å². The zero-order valence-electron chi connectivity index (χ0n) is 22.9. The highest BCUT2D eigenvalue weighted by Gasteiger charge is 2.78. The van der Waals surface area contributed by atoms with Crippen molar-refractivity contribution < 1.29 is 48.6 Å². The number of esters is 1. The number of hydrogen-bond acceptors (Lipinski definition) is 9. The number of aliphatic carboxylic acids is 1. The van der Waals surface area contributed by atoms with Gasteiger partial charge in [0.25, 0.3) is 0 Å². The summed E-state index contributed by atoms with van der Waals surface area (Å²) in [5.41, 5.74) is -2.89. The Morgan fingerprint density at radius 1 is 0.951 bits per heavy atom. The summed E-state index contributed by atoms with van der Waals surface area (Å²) in [5, 5.41) is 34.9. The van der Waals surface area contributed by atoms with Crippen LogP contribution in [-0.4, -0.2) is 61.3 Å². The zero-order chi connectivity index (χ0) is 29.4. The molecule has 10 nitrogen and oxygen atoms in total. The molecular formula is C31H32O10. The number of hydrogen-bond donors (Lipinski definition) is 3. The largest absolute Gasteiger partial charge is 0.497 e. The summed E-state index contributed by atoms with van der Waals surface area (Å²) in [6.07, 6.45) is -1.20. The van der Waals surface area contributed by atoms with Gasteiger partial charge < -0.3 is 39.0 Å². The topological polar surface area (TPSA) is 141 Å². The summed E-state index contributed by atoms with van der Waals surface area (Å²) in [7, 11) is 4.24. The molecule has 1 fully saturated rings. The van der Waals surface area contributed by atoms with E-state index in [1.807, 2.05) is 0 Å². The lowest BCUT2D eigenvalue weighted by molar-refractivity contribution is -0.159. The van der Waals surface area contributed by atoms with Crippen molar-refractivity contribution in [3.8, 4) is 23.0 Å². The minimum Gasteiger partial charge on any atom is -0.497 e. The molecule has 41 heavy (non-hydrogen) atoms. The number of carbonyl (C=O) groups is 2. The highest BCUT2D eigenvalue weighted by molar-refractivity contribution is 5.77. The highest BCUT2D eigenvalue weighted by atomic mass is 16.5. The molecule has 5 atom stereocenters. The number of ether oxygens (including phenoxy) is 5. The molecule has 3 aromatic rings. The van der Waals surface area contributed by atoms with Gasteiger partial charge in [-0.1, -0.05) is 42.5 Å². The minimum absolute atomic E-state index is 0.120. The number of carbonyl (C=O) groups excluding carboxylic acids is 1. The first kappa shape index (κ1) is 28.3. The van der Waals surface area contributed by atoms with E-state index in [4.69, 9.17) is 18.9 Å². The Morgan fingerprint density at radius 3 is 2.27 bits per heavy atom. The van der Waals surface area contributed by atoms with E-state index in [0.29, 0.717) is 29.0 Å². The molecule has 0 amide bonds. The van der Waals surface area contributed by atoms with Crippen molar-refractivity contribution in [2.24, 2.45) is 5.92 Å². The molecule has 2 aliphatic rings. The number of methoxy groups -OCH3 is 3. The monoisotopic (exact) mass is 564 g/mol. The first-order valence-corrected chi connectivity index (χ1v) is 13.2. The Bertz CT molecular complexity index is 1420. The summed E-state index contributed by atoms with van der Waals surface area (Å²) >= 11 is 0. The zero-order valence-corrected chi connectivity index (χ0v) is 22.9. The van der Waals surface area contributed by atoms with Crippen molar-refractivity contribution >= 4 is 11.9 Å². The van der Waals surface area contributed by atoms with E-state index in [-0.39, 0.29) is 36.1 Å². The first-order valence-electron chi connectivity index (χ1n) is 13.2. The fourth-order valence-electron chi connectivity index (χ4n) is 6.25.